The number of benzene rings is 1. The number of rotatable bonds is 5. The second kappa shape index (κ2) is 6.48. The van der Waals surface area contributed by atoms with Gasteiger partial charge < -0.3 is 10.6 Å². The van der Waals surface area contributed by atoms with Crippen molar-refractivity contribution < 1.29 is 0 Å². The topological polar surface area (TPSA) is 55.0 Å². The minimum Gasteiger partial charge on any atom is -0.330 e. The standard InChI is InChI=1S/C16H22N4/c1-12-5-7-15(8-6-12)20(10-4-9-17)16-11-13(2)18-14(3)19-16/h5-8,11H,4,9-10,17H2,1-3H3. The fraction of sp³-hybridized carbons (Fsp3) is 0.375. The Morgan fingerprint density at radius 3 is 2.35 bits per heavy atom. The van der Waals surface area contributed by atoms with Crippen LogP contribution in [0.5, 0.6) is 0 Å². The molecule has 0 aliphatic rings. The fourth-order valence-electron chi connectivity index (χ4n) is 2.19. The summed E-state index contributed by atoms with van der Waals surface area (Å²) in [6, 6.07) is 10.5. The van der Waals surface area contributed by atoms with Gasteiger partial charge >= 0.3 is 0 Å². The molecule has 0 amide bonds. The molecule has 0 unspecified atom stereocenters. The first-order valence-electron chi connectivity index (χ1n) is 6.96. The van der Waals surface area contributed by atoms with Crippen LogP contribution in [0.3, 0.4) is 0 Å². The molecule has 0 spiro atoms. The molecule has 0 saturated heterocycles. The largest absolute Gasteiger partial charge is 0.330 e. The third-order valence-corrected chi connectivity index (χ3v) is 3.16. The van der Waals surface area contributed by atoms with Crippen LogP contribution in [0.1, 0.15) is 23.5 Å². The minimum absolute atomic E-state index is 0.672. The smallest absolute Gasteiger partial charge is 0.136 e. The van der Waals surface area contributed by atoms with Crippen LogP contribution in [-0.2, 0) is 0 Å². The van der Waals surface area contributed by atoms with Crippen molar-refractivity contribution in [1.82, 2.24) is 9.97 Å². The molecule has 1 heterocycles. The Labute approximate surface area is 120 Å². The van der Waals surface area contributed by atoms with Crippen LogP contribution in [0.25, 0.3) is 0 Å². The Hall–Kier alpha value is -1.94. The molecule has 0 fully saturated rings. The molecule has 1 aromatic heterocycles. The highest BCUT2D eigenvalue weighted by molar-refractivity contribution is 5.60. The Kier molecular flexibility index (Phi) is 4.69. The highest BCUT2D eigenvalue weighted by Crippen LogP contribution is 2.24. The maximum atomic E-state index is 5.66. The number of aryl methyl sites for hydroxylation is 3. The van der Waals surface area contributed by atoms with Gasteiger partial charge in [0.05, 0.1) is 0 Å². The summed E-state index contributed by atoms with van der Waals surface area (Å²) in [5.74, 6) is 1.73. The average Bonchev–Trinajstić information content (AvgIpc) is 2.40. The predicted octanol–water partition coefficient (Wildman–Crippen LogP) is 2.89. The zero-order valence-corrected chi connectivity index (χ0v) is 12.4. The molecule has 4 heteroatoms. The highest BCUT2D eigenvalue weighted by Gasteiger charge is 2.11. The van der Waals surface area contributed by atoms with Crippen molar-refractivity contribution in [3.63, 3.8) is 0 Å². The Bertz CT molecular complexity index is 543. The zero-order chi connectivity index (χ0) is 14.5. The van der Waals surface area contributed by atoms with Crippen LogP contribution in [0, 0.1) is 20.8 Å². The summed E-state index contributed by atoms with van der Waals surface area (Å²) in [6.07, 6.45) is 0.927. The summed E-state index contributed by atoms with van der Waals surface area (Å²) in [5.41, 5.74) is 9.03. The van der Waals surface area contributed by atoms with Gasteiger partial charge in [0.25, 0.3) is 0 Å². The van der Waals surface area contributed by atoms with Crippen molar-refractivity contribution in [3.8, 4) is 0 Å². The van der Waals surface area contributed by atoms with Gasteiger partial charge in [0.1, 0.15) is 11.6 Å². The summed E-state index contributed by atoms with van der Waals surface area (Å²) < 4.78 is 0. The van der Waals surface area contributed by atoms with Crippen LogP contribution in [0.2, 0.25) is 0 Å². The van der Waals surface area contributed by atoms with E-state index in [4.69, 9.17) is 5.73 Å². The predicted molar refractivity (Wildman–Crippen MR) is 83.4 cm³/mol. The van der Waals surface area contributed by atoms with Gasteiger partial charge in [-0.15, -0.1) is 0 Å². The van der Waals surface area contributed by atoms with E-state index in [1.165, 1.54) is 5.56 Å². The van der Waals surface area contributed by atoms with E-state index in [1.807, 2.05) is 19.9 Å². The number of nitrogens with two attached hydrogens (primary N) is 1. The zero-order valence-electron chi connectivity index (χ0n) is 12.4. The lowest BCUT2D eigenvalue weighted by Crippen LogP contribution is -2.22. The molecular formula is C16H22N4. The molecule has 106 valence electrons. The van der Waals surface area contributed by atoms with Crippen LogP contribution in [0.4, 0.5) is 11.5 Å². The van der Waals surface area contributed by atoms with Gasteiger partial charge in [0.15, 0.2) is 0 Å². The van der Waals surface area contributed by atoms with Crippen molar-refractivity contribution in [2.75, 3.05) is 18.0 Å². The van der Waals surface area contributed by atoms with Gasteiger partial charge in [-0.3, -0.25) is 0 Å². The van der Waals surface area contributed by atoms with Crippen molar-refractivity contribution in [2.24, 2.45) is 5.73 Å². The highest BCUT2D eigenvalue weighted by atomic mass is 15.2. The number of hydrogen-bond acceptors (Lipinski definition) is 4. The Morgan fingerprint density at radius 1 is 1.05 bits per heavy atom. The molecule has 0 radical (unpaired) electrons. The lowest BCUT2D eigenvalue weighted by molar-refractivity contribution is 0.804. The third kappa shape index (κ3) is 3.54. The lowest BCUT2D eigenvalue weighted by atomic mass is 10.2. The fourth-order valence-corrected chi connectivity index (χ4v) is 2.19. The number of anilines is 2. The second-order valence-electron chi connectivity index (χ2n) is 5.04. The minimum atomic E-state index is 0.672. The second-order valence-corrected chi connectivity index (χ2v) is 5.04. The van der Waals surface area contributed by atoms with Crippen LogP contribution in [-0.4, -0.2) is 23.1 Å². The van der Waals surface area contributed by atoms with Crippen molar-refractivity contribution in [1.29, 1.82) is 0 Å². The quantitative estimate of drug-likeness (QED) is 0.907. The molecule has 0 aliphatic heterocycles. The van der Waals surface area contributed by atoms with Gasteiger partial charge in [-0.2, -0.15) is 0 Å². The van der Waals surface area contributed by atoms with E-state index in [1.54, 1.807) is 0 Å². The average molecular weight is 270 g/mol. The van der Waals surface area contributed by atoms with Gasteiger partial charge in [0.2, 0.25) is 0 Å². The van der Waals surface area contributed by atoms with Gasteiger partial charge in [0, 0.05) is 24.0 Å². The molecule has 2 rings (SSSR count). The van der Waals surface area contributed by atoms with E-state index in [2.05, 4.69) is 46.1 Å². The van der Waals surface area contributed by atoms with Gasteiger partial charge in [-0.1, -0.05) is 17.7 Å². The molecule has 1 aromatic carbocycles. The molecular weight excluding hydrogens is 248 g/mol. The molecule has 0 bridgehead atoms. The van der Waals surface area contributed by atoms with Crippen LogP contribution >= 0.6 is 0 Å². The maximum absolute atomic E-state index is 5.66. The molecule has 20 heavy (non-hydrogen) atoms. The third-order valence-electron chi connectivity index (χ3n) is 3.16. The van der Waals surface area contributed by atoms with E-state index >= 15 is 0 Å². The normalized spacial score (nSPS) is 10.6. The first kappa shape index (κ1) is 14.5. The molecule has 0 saturated carbocycles. The SMILES string of the molecule is Cc1ccc(N(CCCN)c2cc(C)nc(C)n2)cc1. The number of nitrogens with zero attached hydrogens (tertiary/aromatic N) is 3. The molecule has 2 aromatic rings. The summed E-state index contributed by atoms with van der Waals surface area (Å²) in [7, 11) is 0. The maximum Gasteiger partial charge on any atom is 0.136 e. The molecule has 2 N–H and O–H groups in total. The summed E-state index contributed by atoms with van der Waals surface area (Å²) in [6.45, 7) is 7.54. The van der Waals surface area contributed by atoms with E-state index in [9.17, 15) is 0 Å². The first-order valence-corrected chi connectivity index (χ1v) is 6.96. The van der Waals surface area contributed by atoms with Crippen LogP contribution < -0.4 is 10.6 Å². The number of aromatic nitrogens is 2. The van der Waals surface area contributed by atoms with Crippen molar-refractivity contribution in [3.05, 3.63) is 47.4 Å². The van der Waals surface area contributed by atoms with E-state index in [-0.39, 0.29) is 0 Å². The first-order chi connectivity index (χ1) is 9.60. The summed E-state index contributed by atoms with van der Waals surface area (Å²) in [5, 5.41) is 0. The van der Waals surface area contributed by atoms with E-state index < -0.39 is 0 Å². The molecule has 4 nitrogen and oxygen atoms in total. The van der Waals surface area contributed by atoms with Gasteiger partial charge in [-0.25, -0.2) is 9.97 Å². The lowest BCUT2D eigenvalue weighted by Gasteiger charge is -2.24. The number of hydrogen-bond donors (Lipinski definition) is 1. The van der Waals surface area contributed by atoms with E-state index in [0.29, 0.717) is 6.54 Å². The van der Waals surface area contributed by atoms with Gasteiger partial charge in [-0.05, 0) is 45.9 Å². The van der Waals surface area contributed by atoms with E-state index in [0.717, 1.165) is 36.0 Å². The monoisotopic (exact) mass is 270 g/mol. The van der Waals surface area contributed by atoms with Crippen molar-refractivity contribution >= 4 is 11.5 Å². The summed E-state index contributed by atoms with van der Waals surface area (Å²) >= 11 is 0. The Morgan fingerprint density at radius 2 is 1.75 bits per heavy atom. The Balaban J connectivity index is 2.38. The summed E-state index contributed by atoms with van der Waals surface area (Å²) in [4.78, 5) is 11.1. The van der Waals surface area contributed by atoms with Crippen LogP contribution in [0.15, 0.2) is 30.3 Å². The molecule has 0 aliphatic carbocycles. The van der Waals surface area contributed by atoms with Crippen molar-refractivity contribution in [2.45, 2.75) is 27.2 Å². The molecule has 0 atom stereocenters.